The predicted molar refractivity (Wildman–Crippen MR) is 65.9 cm³/mol. The van der Waals surface area contributed by atoms with Crippen molar-refractivity contribution in [2.75, 3.05) is 7.05 Å². The molecule has 0 aliphatic heterocycles. The van der Waals surface area contributed by atoms with E-state index in [9.17, 15) is 0 Å². The minimum atomic E-state index is 0.523. The molecular weight excluding hydrogens is 208 g/mol. The van der Waals surface area contributed by atoms with Crippen LogP contribution in [0.25, 0.3) is 0 Å². The molecule has 3 heteroatoms. The van der Waals surface area contributed by atoms with Gasteiger partial charge in [-0.1, -0.05) is 23.7 Å². The van der Waals surface area contributed by atoms with E-state index in [1.165, 1.54) is 0 Å². The molecule has 0 amide bonds. The SMILES string of the molecule is CC(C)N(C)Cc1ccc(CN)cc1Cl. The summed E-state index contributed by atoms with van der Waals surface area (Å²) >= 11 is 6.17. The third-order valence-corrected chi connectivity index (χ3v) is 3.01. The number of halogens is 1. The van der Waals surface area contributed by atoms with Crippen LogP contribution in [0, 0.1) is 0 Å². The Balaban J connectivity index is 2.78. The average Bonchev–Trinajstić information content (AvgIpc) is 2.20. The van der Waals surface area contributed by atoms with Gasteiger partial charge in [0.05, 0.1) is 0 Å². The predicted octanol–water partition coefficient (Wildman–Crippen LogP) is 2.64. The molecule has 1 aromatic carbocycles. The van der Waals surface area contributed by atoms with E-state index >= 15 is 0 Å². The zero-order chi connectivity index (χ0) is 11.4. The first kappa shape index (κ1) is 12.5. The molecule has 2 N–H and O–H groups in total. The highest BCUT2D eigenvalue weighted by molar-refractivity contribution is 6.31. The molecule has 0 spiro atoms. The van der Waals surface area contributed by atoms with Gasteiger partial charge in [-0.15, -0.1) is 0 Å². The normalized spacial score (nSPS) is 11.4. The molecule has 84 valence electrons. The summed E-state index contributed by atoms with van der Waals surface area (Å²) < 4.78 is 0. The van der Waals surface area contributed by atoms with Gasteiger partial charge in [-0.05, 0) is 38.1 Å². The molecule has 0 aromatic heterocycles. The zero-order valence-electron chi connectivity index (χ0n) is 9.63. The smallest absolute Gasteiger partial charge is 0.0454 e. The van der Waals surface area contributed by atoms with E-state index in [1.807, 2.05) is 12.1 Å². The van der Waals surface area contributed by atoms with Crippen LogP contribution in [0.1, 0.15) is 25.0 Å². The lowest BCUT2D eigenvalue weighted by atomic mass is 10.1. The van der Waals surface area contributed by atoms with Crippen LogP contribution in [0.15, 0.2) is 18.2 Å². The van der Waals surface area contributed by atoms with Gasteiger partial charge in [-0.3, -0.25) is 4.90 Å². The first-order valence-electron chi connectivity index (χ1n) is 5.22. The largest absolute Gasteiger partial charge is 0.326 e. The number of hydrogen-bond donors (Lipinski definition) is 1. The number of nitrogens with two attached hydrogens (primary N) is 1. The van der Waals surface area contributed by atoms with Gasteiger partial charge < -0.3 is 5.73 Å². The van der Waals surface area contributed by atoms with Gasteiger partial charge in [0.25, 0.3) is 0 Å². The van der Waals surface area contributed by atoms with Crippen molar-refractivity contribution in [3.05, 3.63) is 34.3 Å². The standard InChI is InChI=1S/C12H19ClN2/c1-9(2)15(3)8-11-5-4-10(7-14)6-12(11)13/h4-6,9H,7-8,14H2,1-3H3. The van der Waals surface area contributed by atoms with Crippen LogP contribution in [-0.4, -0.2) is 18.0 Å². The van der Waals surface area contributed by atoms with E-state index in [0.717, 1.165) is 22.7 Å². The molecule has 2 nitrogen and oxygen atoms in total. The molecule has 1 aromatic rings. The third kappa shape index (κ3) is 3.49. The summed E-state index contributed by atoms with van der Waals surface area (Å²) in [5.74, 6) is 0. The summed E-state index contributed by atoms with van der Waals surface area (Å²) in [5.41, 5.74) is 7.79. The summed E-state index contributed by atoms with van der Waals surface area (Å²) in [6, 6.07) is 6.57. The Bertz CT molecular complexity index is 323. The van der Waals surface area contributed by atoms with Crippen LogP contribution in [0.5, 0.6) is 0 Å². The monoisotopic (exact) mass is 226 g/mol. The fourth-order valence-corrected chi connectivity index (χ4v) is 1.56. The summed E-state index contributed by atoms with van der Waals surface area (Å²) in [6.45, 7) is 5.76. The van der Waals surface area contributed by atoms with Crippen molar-refractivity contribution < 1.29 is 0 Å². The minimum Gasteiger partial charge on any atom is -0.326 e. The molecule has 0 aliphatic carbocycles. The van der Waals surface area contributed by atoms with Crippen molar-refractivity contribution in [2.45, 2.75) is 33.0 Å². The molecule has 0 aliphatic rings. The highest BCUT2D eigenvalue weighted by Gasteiger charge is 2.07. The Morgan fingerprint density at radius 2 is 2.07 bits per heavy atom. The van der Waals surface area contributed by atoms with Gasteiger partial charge in [0.1, 0.15) is 0 Å². The van der Waals surface area contributed by atoms with E-state index in [0.29, 0.717) is 12.6 Å². The maximum atomic E-state index is 6.17. The maximum Gasteiger partial charge on any atom is 0.0454 e. The molecule has 0 bridgehead atoms. The molecule has 0 atom stereocenters. The number of hydrogen-bond acceptors (Lipinski definition) is 2. The summed E-state index contributed by atoms with van der Waals surface area (Å²) in [4.78, 5) is 2.25. The summed E-state index contributed by atoms with van der Waals surface area (Å²) in [5, 5.41) is 0.811. The van der Waals surface area contributed by atoms with Gasteiger partial charge in [-0.2, -0.15) is 0 Å². The first-order valence-corrected chi connectivity index (χ1v) is 5.60. The molecule has 0 unspecified atom stereocenters. The highest BCUT2D eigenvalue weighted by atomic mass is 35.5. The fourth-order valence-electron chi connectivity index (χ4n) is 1.30. The zero-order valence-corrected chi connectivity index (χ0v) is 10.4. The molecule has 1 rings (SSSR count). The van der Waals surface area contributed by atoms with Crippen molar-refractivity contribution in [1.29, 1.82) is 0 Å². The van der Waals surface area contributed by atoms with Gasteiger partial charge in [-0.25, -0.2) is 0 Å². The van der Waals surface area contributed by atoms with Crippen molar-refractivity contribution in [3.63, 3.8) is 0 Å². The topological polar surface area (TPSA) is 29.3 Å². The van der Waals surface area contributed by atoms with Gasteiger partial charge in [0, 0.05) is 24.2 Å². The van der Waals surface area contributed by atoms with Crippen LogP contribution in [0.2, 0.25) is 5.02 Å². The number of rotatable bonds is 4. The van der Waals surface area contributed by atoms with Gasteiger partial charge in [0.15, 0.2) is 0 Å². The van der Waals surface area contributed by atoms with Crippen LogP contribution in [-0.2, 0) is 13.1 Å². The lowest BCUT2D eigenvalue weighted by Crippen LogP contribution is -2.25. The Labute approximate surface area is 97.0 Å². The Kier molecular flexibility index (Phi) is 4.58. The molecule has 0 saturated heterocycles. The maximum absolute atomic E-state index is 6.17. The highest BCUT2D eigenvalue weighted by Crippen LogP contribution is 2.19. The van der Waals surface area contributed by atoms with Gasteiger partial charge >= 0.3 is 0 Å². The first-order chi connectivity index (χ1) is 7.04. The molecule has 0 radical (unpaired) electrons. The number of nitrogens with zero attached hydrogens (tertiary/aromatic N) is 1. The summed E-state index contributed by atoms with van der Waals surface area (Å²) in [7, 11) is 2.10. The van der Waals surface area contributed by atoms with Crippen molar-refractivity contribution >= 4 is 11.6 Å². The lowest BCUT2D eigenvalue weighted by Gasteiger charge is -2.21. The van der Waals surface area contributed by atoms with Crippen molar-refractivity contribution in [1.82, 2.24) is 4.90 Å². The molecule has 0 fully saturated rings. The molecule has 0 heterocycles. The second-order valence-corrected chi connectivity index (χ2v) is 4.55. The van der Waals surface area contributed by atoms with E-state index in [1.54, 1.807) is 0 Å². The molecule has 0 saturated carbocycles. The van der Waals surface area contributed by atoms with Crippen LogP contribution in [0.4, 0.5) is 0 Å². The second-order valence-electron chi connectivity index (χ2n) is 4.14. The molecular formula is C12H19ClN2. The lowest BCUT2D eigenvalue weighted by molar-refractivity contribution is 0.266. The fraction of sp³-hybridized carbons (Fsp3) is 0.500. The summed E-state index contributed by atoms with van der Waals surface area (Å²) in [6.07, 6.45) is 0. The van der Waals surface area contributed by atoms with Crippen LogP contribution < -0.4 is 5.73 Å². The van der Waals surface area contributed by atoms with Crippen LogP contribution >= 0.6 is 11.6 Å². The molecule has 15 heavy (non-hydrogen) atoms. The Hall–Kier alpha value is -0.570. The van der Waals surface area contributed by atoms with Gasteiger partial charge in [0.2, 0.25) is 0 Å². The van der Waals surface area contributed by atoms with Crippen molar-refractivity contribution in [2.24, 2.45) is 5.73 Å². The second kappa shape index (κ2) is 5.50. The van der Waals surface area contributed by atoms with E-state index in [4.69, 9.17) is 17.3 Å². The number of benzene rings is 1. The third-order valence-electron chi connectivity index (χ3n) is 2.65. The van der Waals surface area contributed by atoms with E-state index in [-0.39, 0.29) is 0 Å². The van der Waals surface area contributed by atoms with Crippen molar-refractivity contribution in [3.8, 4) is 0 Å². The van der Waals surface area contributed by atoms with E-state index < -0.39 is 0 Å². The Morgan fingerprint density at radius 1 is 1.40 bits per heavy atom. The van der Waals surface area contributed by atoms with Crippen LogP contribution in [0.3, 0.4) is 0 Å². The minimum absolute atomic E-state index is 0.523. The quantitative estimate of drug-likeness (QED) is 0.856. The average molecular weight is 227 g/mol. The Morgan fingerprint density at radius 3 is 2.53 bits per heavy atom. The van der Waals surface area contributed by atoms with E-state index in [2.05, 4.69) is 31.9 Å².